The minimum atomic E-state index is -2.51. The first-order valence-electron chi connectivity index (χ1n) is 11.6. The van der Waals surface area contributed by atoms with Crippen LogP contribution in [-0.4, -0.2) is 161 Å². The predicted molar refractivity (Wildman–Crippen MR) is 176 cm³/mol. The normalized spacial score (nSPS) is 19.9. The first-order chi connectivity index (χ1) is 18.9. The molecule has 1 aliphatic rings. The third-order valence-electron chi connectivity index (χ3n) is 6.66. The number of imidazole rings is 1. The molecule has 3 aromatic rings. The summed E-state index contributed by atoms with van der Waals surface area (Å²) < 4.78 is 6.23. The number of H-pyrrole nitrogens is 1. The van der Waals surface area contributed by atoms with Crippen LogP contribution in [0.5, 0.6) is 0 Å². The van der Waals surface area contributed by atoms with Crippen molar-refractivity contribution in [2.45, 2.75) is 38.7 Å². The zero-order valence-corrected chi connectivity index (χ0v) is 23.3. The highest BCUT2D eigenvalue weighted by atomic mass is 35.5. The van der Waals surface area contributed by atoms with Gasteiger partial charge in [0, 0.05) is 6.54 Å². The molecule has 24 heteroatoms. The van der Waals surface area contributed by atoms with Gasteiger partial charge in [-0.3, -0.25) is 9.78 Å². The average Bonchev–Trinajstić information content (AvgIpc) is 3.08. The Morgan fingerprint density at radius 2 is 1.48 bits per heavy atom. The van der Waals surface area contributed by atoms with Gasteiger partial charge in [-0.25, -0.2) is 4.98 Å². The van der Waals surface area contributed by atoms with Crippen molar-refractivity contribution in [1.82, 2.24) is 24.4 Å². The molecule has 1 aliphatic heterocycles. The highest BCUT2D eigenvalue weighted by molar-refractivity contribution is 6.60. The Hall–Kier alpha value is -1.22. The molecule has 1 aromatic carbocycles. The van der Waals surface area contributed by atoms with E-state index in [0.717, 1.165) is 4.57 Å². The molecule has 2 aromatic heterocycles. The molecule has 28 radical (unpaired) electrons. The summed E-state index contributed by atoms with van der Waals surface area (Å²) >= 11 is 12.1. The van der Waals surface area contributed by atoms with Crippen molar-refractivity contribution in [2.75, 3.05) is 5.32 Å². The highest BCUT2D eigenvalue weighted by Gasteiger charge is 2.59. The number of fused-ring (bicyclic) bond motifs is 1. The van der Waals surface area contributed by atoms with Crippen LogP contribution in [0.2, 0.25) is 10.0 Å². The first kappa shape index (κ1) is 33.7. The van der Waals surface area contributed by atoms with Gasteiger partial charge in [0.25, 0.3) is 5.56 Å². The van der Waals surface area contributed by atoms with Gasteiger partial charge in [-0.1, -0.05) is 34.7 Å². The summed E-state index contributed by atoms with van der Waals surface area (Å²) in [6, 6.07) is 2.76. The highest BCUT2D eigenvalue weighted by Crippen LogP contribution is 2.43. The second-order valence-corrected chi connectivity index (χ2v) is 10.9. The van der Waals surface area contributed by atoms with Crippen molar-refractivity contribution in [3.63, 3.8) is 0 Å². The van der Waals surface area contributed by atoms with Crippen LogP contribution in [0.4, 0.5) is 5.95 Å². The molecule has 0 spiro atoms. The van der Waals surface area contributed by atoms with Crippen LogP contribution in [0.3, 0.4) is 0 Å². The first-order valence-corrected chi connectivity index (χ1v) is 12.4. The van der Waals surface area contributed by atoms with Gasteiger partial charge < -0.3 is 19.5 Å². The van der Waals surface area contributed by atoms with Gasteiger partial charge in [0.2, 0.25) is 5.95 Å². The Bertz CT molecular complexity index is 1580. The van der Waals surface area contributed by atoms with Crippen LogP contribution >= 0.6 is 23.2 Å². The Kier molecular flexibility index (Phi) is 8.35. The molecule has 2 N–H and O–H groups in total. The van der Waals surface area contributed by atoms with Crippen LogP contribution in [0.25, 0.3) is 11.2 Å². The summed E-state index contributed by atoms with van der Waals surface area (Å²) in [5, 5.41) is -11.4. The van der Waals surface area contributed by atoms with E-state index >= 15 is 0 Å². The average molecular weight is 561 g/mol. The number of benzene rings is 1. The number of aromatic nitrogens is 4. The fourth-order valence-electron chi connectivity index (χ4n) is 4.51. The standard InChI is InChI=1S/C18H6B14Cl2N6O2/c19-5-1-4(2-6(33)7(5)34)14(23,24)38-12-36-9-8(10(41)37-12)39(11(20)35-9)3-13(21,22)40-15(25,26)17(29,30)42-18(31,32)16(40,27)28/h1-2H,3H2,(H2,36,37,38,41). The van der Waals surface area contributed by atoms with E-state index in [9.17, 15) is 4.79 Å². The molecule has 0 saturated carbocycles. The number of rotatable bonds is 6. The number of anilines is 1. The molecule has 4 rings (SSSR count). The van der Waals surface area contributed by atoms with Gasteiger partial charge in [0.05, 0.1) is 110 Å². The summed E-state index contributed by atoms with van der Waals surface area (Å²) in [4.78, 5) is 24.6. The second-order valence-electron chi connectivity index (χ2n) is 10.2. The lowest BCUT2D eigenvalue weighted by Crippen LogP contribution is -2.89. The van der Waals surface area contributed by atoms with Crippen LogP contribution in [0.1, 0.15) is 5.56 Å². The molecular formula is C18H6B14Cl2N6O2. The number of hydrogen-bond acceptors (Lipinski definition) is 6. The largest absolute Gasteiger partial charge is 0.406 e. The number of ether oxygens (including phenoxy) is 1. The van der Waals surface area contributed by atoms with Gasteiger partial charge in [-0.05, 0) is 43.8 Å². The van der Waals surface area contributed by atoms with Crippen molar-refractivity contribution in [1.29, 1.82) is 0 Å². The minimum Gasteiger partial charge on any atom is -0.406 e. The van der Waals surface area contributed by atoms with E-state index in [1.807, 2.05) is 0 Å². The van der Waals surface area contributed by atoms with E-state index in [4.69, 9.17) is 138 Å². The van der Waals surface area contributed by atoms with Gasteiger partial charge in [-0.15, -0.1) is 0 Å². The smallest absolute Gasteiger partial charge is 0.278 e. The zero-order valence-electron chi connectivity index (χ0n) is 21.8. The Balaban J connectivity index is 1.75. The van der Waals surface area contributed by atoms with E-state index in [1.54, 1.807) is 0 Å². The predicted octanol–water partition coefficient (Wildman–Crippen LogP) is -6.14. The topological polar surface area (TPSA) is 88.1 Å². The molecule has 0 amide bonds. The van der Waals surface area contributed by atoms with Crippen molar-refractivity contribution in [2.24, 2.45) is 0 Å². The van der Waals surface area contributed by atoms with Crippen molar-refractivity contribution >= 4 is 161 Å². The molecule has 0 unspecified atom stereocenters. The number of nitrogens with zero attached hydrogens (tertiary/aromatic N) is 4. The molecule has 0 bridgehead atoms. The second kappa shape index (κ2) is 10.4. The summed E-state index contributed by atoms with van der Waals surface area (Å²) in [5.41, 5.74) is -1.20. The molecule has 176 valence electrons. The maximum Gasteiger partial charge on any atom is 0.278 e. The lowest BCUT2D eigenvalue weighted by atomic mass is 9.28. The number of nitrogens with one attached hydrogen (secondary N) is 2. The monoisotopic (exact) mass is 562 g/mol. The summed E-state index contributed by atoms with van der Waals surface area (Å²) in [6.07, 6.45) is 0. The summed E-state index contributed by atoms with van der Waals surface area (Å²) in [5.74, 6) is -0.218. The number of hydrogen-bond donors (Lipinski definition) is 2. The van der Waals surface area contributed by atoms with Crippen LogP contribution in [0, 0.1) is 0 Å². The molecule has 42 heavy (non-hydrogen) atoms. The molecule has 8 nitrogen and oxygen atoms in total. The lowest BCUT2D eigenvalue weighted by molar-refractivity contribution is -0.124. The van der Waals surface area contributed by atoms with E-state index in [-0.39, 0.29) is 43.9 Å². The summed E-state index contributed by atoms with van der Waals surface area (Å²) in [7, 11) is 85.4. The zero-order chi connectivity index (χ0) is 32.0. The van der Waals surface area contributed by atoms with E-state index < -0.39 is 44.3 Å². The minimum absolute atomic E-state index is 0.0884. The van der Waals surface area contributed by atoms with Crippen LogP contribution in [-0.2, 0) is 16.6 Å². The van der Waals surface area contributed by atoms with Gasteiger partial charge in [0.15, 0.2) is 19.0 Å². The lowest BCUT2D eigenvalue weighted by Gasteiger charge is -2.74. The molecule has 1 fully saturated rings. The Labute approximate surface area is 271 Å². The molecule has 0 atom stereocenters. The van der Waals surface area contributed by atoms with Crippen molar-refractivity contribution in [3.8, 4) is 0 Å². The fourth-order valence-corrected chi connectivity index (χ4v) is 4.84. The Morgan fingerprint density at radius 3 is 2.00 bits per heavy atom. The summed E-state index contributed by atoms with van der Waals surface area (Å²) in [6.45, 7) is -0.633. The Morgan fingerprint density at radius 1 is 0.929 bits per heavy atom. The quantitative estimate of drug-likeness (QED) is 0.292. The molecule has 0 aliphatic carbocycles. The molecule has 3 heterocycles. The maximum atomic E-state index is 13.2. The van der Waals surface area contributed by atoms with E-state index in [2.05, 4.69) is 20.3 Å². The molecule has 1 saturated heterocycles. The van der Waals surface area contributed by atoms with E-state index in [1.165, 1.54) is 12.1 Å². The third-order valence-corrected chi connectivity index (χ3v) is 7.48. The van der Waals surface area contributed by atoms with Gasteiger partial charge in [0.1, 0.15) is 7.85 Å². The fraction of sp³-hybridized carbons (Fsp3) is 0.389. The number of aromatic amines is 1. The number of morpholine rings is 1. The van der Waals surface area contributed by atoms with Gasteiger partial charge in [-0.2, -0.15) is 4.98 Å². The van der Waals surface area contributed by atoms with Crippen LogP contribution in [0.15, 0.2) is 16.9 Å². The van der Waals surface area contributed by atoms with Crippen molar-refractivity contribution < 1.29 is 4.74 Å². The molecular weight excluding hydrogens is 555 g/mol. The van der Waals surface area contributed by atoms with Crippen molar-refractivity contribution in [3.05, 3.63) is 38.1 Å². The maximum absolute atomic E-state index is 13.2. The third kappa shape index (κ3) is 5.45. The SMILES string of the molecule is [B]c1cc(C([B])([B])Nc2nc3nc([B])n(CC([B])([B])N4C([B])([B])C([B])([B])OC([B])([B])C4([B])[B])c3c(=O)[nH]2)cc(Cl)c1Cl. The van der Waals surface area contributed by atoms with E-state index in [0.29, 0.717) is 4.90 Å². The van der Waals surface area contributed by atoms with Gasteiger partial charge >= 0.3 is 0 Å². The van der Waals surface area contributed by atoms with Crippen LogP contribution < -0.4 is 22.1 Å². The number of halogens is 2.